The number of aryl methyl sites for hydroxylation is 1. The first-order valence-electron chi connectivity index (χ1n) is 11.5. The molecule has 0 saturated carbocycles. The van der Waals surface area contributed by atoms with Crippen molar-refractivity contribution in [2.24, 2.45) is 0 Å². The minimum absolute atomic E-state index is 0.121. The van der Waals surface area contributed by atoms with Gasteiger partial charge in [0.15, 0.2) is 0 Å². The maximum atomic E-state index is 12.4. The van der Waals surface area contributed by atoms with Crippen molar-refractivity contribution in [2.75, 3.05) is 38.1 Å². The summed E-state index contributed by atoms with van der Waals surface area (Å²) in [5.41, 5.74) is 2.75. The summed E-state index contributed by atoms with van der Waals surface area (Å²) in [6, 6.07) is 13.6. The first kappa shape index (κ1) is 23.8. The van der Waals surface area contributed by atoms with Gasteiger partial charge in [0.05, 0.1) is 39.8 Å². The van der Waals surface area contributed by atoms with Crippen molar-refractivity contribution in [1.29, 1.82) is 0 Å². The van der Waals surface area contributed by atoms with E-state index in [9.17, 15) is 13.2 Å². The zero-order chi connectivity index (χ0) is 25.3. The largest absolute Gasteiger partial charge is 0.573 e. The summed E-state index contributed by atoms with van der Waals surface area (Å²) in [4.78, 5) is 8.40. The predicted molar refractivity (Wildman–Crippen MR) is 125 cm³/mol. The predicted octanol–water partition coefficient (Wildman–Crippen LogP) is 2.59. The molecule has 1 saturated heterocycles. The molecule has 1 N–H and O–H groups in total. The lowest BCUT2D eigenvalue weighted by Crippen LogP contribution is -3.12. The van der Waals surface area contributed by atoms with Gasteiger partial charge in [-0.3, -0.25) is 0 Å². The molecule has 0 spiro atoms. The number of benzene rings is 2. The zero-order valence-electron chi connectivity index (χ0n) is 19.8. The number of piperazine rings is 1. The number of quaternary nitrogens is 1. The number of halogens is 3. The van der Waals surface area contributed by atoms with Gasteiger partial charge in [-0.05, 0) is 48.9 Å². The van der Waals surface area contributed by atoms with Gasteiger partial charge in [-0.2, -0.15) is 0 Å². The average molecular weight is 501 g/mol. The van der Waals surface area contributed by atoms with Crippen LogP contribution in [0, 0.1) is 6.92 Å². The molecule has 0 bridgehead atoms. The lowest BCUT2D eigenvalue weighted by molar-refractivity contribution is -0.880. The Balaban J connectivity index is 1.29. The van der Waals surface area contributed by atoms with Crippen molar-refractivity contribution in [2.45, 2.75) is 19.8 Å². The van der Waals surface area contributed by atoms with Crippen LogP contribution < -0.4 is 14.5 Å². The molecule has 36 heavy (non-hydrogen) atoms. The van der Waals surface area contributed by atoms with Crippen LogP contribution >= 0.6 is 0 Å². The summed E-state index contributed by atoms with van der Waals surface area (Å²) in [6.45, 7) is 6.67. The fourth-order valence-corrected chi connectivity index (χ4v) is 4.06. The van der Waals surface area contributed by atoms with Crippen LogP contribution in [0.2, 0.25) is 0 Å². The minimum atomic E-state index is -4.76. The summed E-state index contributed by atoms with van der Waals surface area (Å²) in [5.74, 6) is 0.892. The molecule has 1 aliphatic heterocycles. The van der Waals surface area contributed by atoms with Crippen LogP contribution in [0.3, 0.4) is 0 Å². The Hall–Kier alpha value is -3.93. The van der Waals surface area contributed by atoms with Gasteiger partial charge in [0.1, 0.15) is 11.6 Å². The van der Waals surface area contributed by atoms with E-state index in [1.54, 1.807) is 9.58 Å². The first-order valence-corrected chi connectivity index (χ1v) is 11.5. The molecule has 0 unspecified atom stereocenters. The number of alkyl halides is 3. The highest BCUT2D eigenvalue weighted by Crippen LogP contribution is 2.27. The molecule has 0 aliphatic carbocycles. The molecule has 1 aliphatic rings. The maximum absolute atomic E-state index is 12.4. The number of likely N-dealkylation sites (N-methyl/N-ethyl adjacent to an activating group) is 1. The maximum Gasteiger partial charge on any atom is 0.573 e. The van der Waals surface area contributed by atoms with E-state index in [1.807, 2.05) is 6.92 Å². The van der Waals surface area contributed by atoms with Crippen LogP contribution in [-0.4, -0.2) is 64.6 Å². The molecular weight excluding hydrogens is 475 g/mol. The van der Waals surface area contributed by atoms with Crippen LogP contribution in [0.15, 0.2) is 52.9 Å². The molecule has 188 valence electrons. The lowest BCUT2D eigenvalue weighted by atomic mass is 10.1. The summed E-state index contributed by atoms with van der Waals surface area (Å²) in [5, 5.41) is 12.5. The van der Waals surface area contributed by atoms with Crippen molar-refractivity contribution >= 4 is 5.69 Å². The topological polar surface area (TPSA) is 86.5 Å². The van der Waals surface area contributed by atoms with Crippen LogP contribution in [0.5, 0.6) is 5.75 Å². The Labute approximate surface area is 205 Å². The molecule has 2 aromatic carbocycles. The molecular formula is C24H25F3N7O2+. The normalized spacial score (nSPS) is 14.9. The second kappa shape index (κ2) is 9.61. The SMILES string of the molecule is Cc1nc(-c2nnc(-c3ccc(OC(F)(F)F)cc3)o2)nn1Cc1cccc(N2CC[NH+](C)CC2)c1. The number of ether oxygens (including phenoxy) is 1. The van der Waals surface area contributed by atoms with E-state index in [1.165, 1.54) is 30.0 Å². The van der Waals surface area contributed by atoms with E-state index in [0.717, 1.165) is 31.7 Å². The fourth-order valence-electron chi connectivity index (χ4n) is 4.06. The van der Waals surface area contributed by atoms with Crippen molar-refractivity contribution in [3.8, 4) is 28.9 Å². The smallest absolute Gasteiger partial charge is 0.413 e. The molecule has 4 aromatic rings. The number of nitrogens with one attached hydrogen (secondary N) is 1. The standard InChI is InChI=1S/C24H24F3N7O2/c1-16-28-21(23-30-29-22(35-23)18-6-8-20(9-7-18)36-24(25,26)27)31-34(16)15-17-4-3-5-19(14-17)33-12-10-32(2)11-13-33/h3-9,14H,10-13,15H2,1-2H3/p+1. The Morgan fingerprint density at radius 1 is 1.03 bits per heavy atom. The highest BCUT2D eigenvalue weighted by molar-refractivity contribution is 5.56. The average Bonchev–Trinajstić information content (AvgIpc) is 3.47. The van der Waals surface area contributed by atoms with Crippen LogP contribution in [0.25, 0.3) is 23.2 Å². The Bertz CT molecular complexity index is 1330. The van der Waals surface area contributed by atoms with Gasteiger partial charge in [-0.15, -0.1) is 28.5 Å². The third-order valence-electron chi connectivity index (χ3n) is 6.03. The lowest BCUT2D eigenvalue weighted by Gasteiger charge is -2.32. The van der Waals surface area contributed by atoms with Crippen molar-refractivity contribution in [3.63, 3.8) is 0 Å². The minimum Gasteiger partial charge on any atom is -0.413 e. The molecule has 9 nitrogen and oxygen atoms in total. The van der Waals surface area contributed by atoms with E-state index in [2.05, 4.69) is 61.2 Å². The Kier molecular flexibility index (Phi) is 6.35. The summed E-state index contributed by atoms with van der Waals surface area (Å²) >= 11 is 0. The molecule has 2 aromatic heterocycles. The number of anilines is 1. The van der Waals surface area contributed by atoms with E-state index in [4.69, 9.17) is 4.42 Å². The highest BCUT2D eigenvalue weighted by atomic mass is 19.4. The second-order valence-electron chi connectivity index (χ2n) is 8.74. The summed E-state index contributed by atoms with van der Waals surface area (Å²) in [6.07, 6.45) is -4.76. The molecule has 3 heterocycles. The monoisotopic (exact) mass is 500 g/mol. The first-order chi connectivity index (χ1) is 17.2. The number of aromatic nitrogens is 5. The van der Waals surface area contributed by atoms with Gasteiger partial charge in [0.25, 0.3) is 5.89 Å². The van der Waals surface area contributed by atoms with Gasteiger partial charge < -0.3 is 19.0 Å². The molecule has 0 amide bonds. The molecule has 12 heteroatoms. The number of hydrogen-bond donors (Lipinski definition) is 1. The van der Waals surface area contributed by atoms with Gasteiger partial charge in [0, 0.05) is 11.3 Å². The highest BCUT2D eigenvalue weighted by Gasteiger charge is 2.31. The number of hydrogen-bond acceptors (Lipinski definition) is 7. The van der Waals surface area contributed by atoms with Gasteiger partial charge >= 0.3 is 6.36 Å². The van der Waals surface area contributed by atoms with Crippen molar-refractivity contribution < 1.29 is 27.2 Å². The number of rotatable bonds is 6. The third-order valence-corrected chi connectivity index (χ3v) is 6.03. The molecule has 0 atom stereocenters. The van der Waals surface area contributed by atoms with Crippen LogP contribution in [0.4, 0.5) is 18.9 Å². The van der Waals surface area contributed by atoms with Crippen LogP contribution in [0.1, 0.15) is 11.4 Å². The van der Waals surface area contributed by atoms with Crippen LogP contribution in [-0.2, 0) is 6.54 Å². The van der Waals surface area contributed by atoms with E-state index in [-0.39, 0.29) is 23.4 Å². The van der Waals surface area contributed by atoms with Crippen molar-refractivity contribution in [3.05, 3.63) is 59.9 Å². The third kappa shape index (κ3) is 5.48. The summed E-state index contributed by atoms with van der Waals surface area (Å²) < 4.78 is 48.4. The number of nitrogens with zero attached hydrogens (tertiary/aromatic N) is 6. The zero-order valence-corrected chi connectivity index (χ0v) is 19.8. The van der Waals surface area contributed by atoms with Gasteiger partial charge in [-0.1, -0.05) is 12.1 Å². The quantitative estimate of drug-likeness (QED) is 0.436. The molecule has 1 fully saturated rings. The van der Waals surface area contributed by atoms with E-state index < -0.39 is 6.36 Å². The second-order valence-corrected chi connectivity index (χ2v) is 8.74. The van der Waals surface area contributed by atoms with E-state index >= 15 is 0 Å². The van der Waals surface area contributed by atoms with E-state index in [0.29, 0.717) is 17.9 Å². The van der Waals surface area contributed by atoms with Gasteiger partial charge in [-0.25, -0.2) is 9.67 Å². The Morgan fingerprint density at radius 2 is 1.75 bits per heavy atom. The molecule has 0 radical (unpaired) electrons. The molecule has 5 rings (SSSR count). The van der Waals surface area contributed by atoms with Crippen molar-refractivity contribution in [1.82, 2.24) is 25.0 Å². The Morgan fingerprint density at radius 3 is 2.47 bits per heavy atom. The summed E-state index contributed by atoms with van der Waals surface area (Å²) in [7, 11) is 2.22. The fraction of sp³-hybridized carbons (Fsp3) is 0.333. The van der Waals surface area contributed by atoms with Gasteiger partial charge in [0.2, 0.25) is 11.7 Å².